The van der Waals surface area contributed by atoms with E-state index in [9.17, 15) is 28.4 Å². The third-order valence-corrected chi connectivity index (χ3v) is 6.50. The number of nitrogens with zero attached hydrogens (tertiary/aromatic N) is 4. The number of anilines is 1. The Balaban J connectivity index is 2.01. The minimum atomic E-state index is -1.15. The molecule has 48 heavy (non-hydrogen) atoms. The van der Waals surface area contributed by atoms with E-state index in [1.807, 2.05) is 0 Å². The quantitative estimate of drug-likeness (QED) is 0.284. The molecule has 0 saturated carbocycles. The van der Waals surface area contributed by atoms with Crippen LogP contribution in [-0.2, 0) is 25.6 Å². The summed E-state index contributed by atoms with van der Waals surface area (Å²) in [6.07, 6.45) is 2.04. The van der Waals surface area contributed by atoms with Crippen LogP contribution in [0.4, 0.5) is 24.1 Å². The van der Waals surface area contributed by atoms with Gasteiger partial charge < -0.3 is 34.3 Å². The van der Waals surface area contributed by atoms with Gasteiger partial charge in [-0.2, -0.15) is 0 Å². The Kier molecular flexibility index (Phi) is 12.0. The van der Waals surface area contributed by atoms with Gasteiger partial charge in [0.2, 0.25) is 11.8 Å². The number of fused-ring (bicyclic) bond motifs is 1. The third kappa shape index (κ3) is 9.39. The number of hydrogen-bond acceptors (Lipinski definition) is 9. The third-order valence-electron chi connectivity index (χ3n) is 6.50. The fraction of sp³-hybridized carbons (Fsp3) is 0.438. The van der Waals surface area contributed by atoms with Gasteiger partial charge in [0.25, 0.3) is 5.56 Å². The molecule has 0 aliphatic rings. The molecule has 1 atom stereocenters. The number of methoxy groups -OCH3 is 1. The van der Waals surface area contributed by atoms with Gasteiger partial charge in [-0.1, -0.05) is 6.08 Å². The first-order chi connectivity index (χ1) is 22.4. The average Bonchev–Trinajstić information content (AvgIpc) is 3.37. The predicted octanol–water partition coefficient (Wildman–Crippen LogP) is 4.18. The molecule has 0 unspecified atom stereocenters. The molecule has 3 rings (SSSR count). The lowest BCUT2D eigenvalue weighted by atomic mass is 10.1. The summed E-state index contributed by atoms with van der Waals surface area (Å²) in [6.45, 7) is 7.64. The largest absolute Gasteiger partial charge is 0.486 e. The van der Waals surface area contributed by atoms with E-state index in [0.717, 1.165) is 16.2 Å². The second-order valence-electron chi connectivity index (χ2n) is 12.1. The van der Waals surface area contributed by atoms with E-state index in [4.69, 9.17) is 9.47 Å². The van der Waals surface area contributed by atoms with E-state index < -0.39 is 65.1 Å². The average molecular weight is 675 g/mol. The molecule has 14 nitrogen and oxygen atoms in total. The number of rotatable bonds is 11. The first kappa shape index (κ1) is 37.2. The van der Waals surface area contributed by atoms with Crippen molar-refractivity contribution in [1.82, 2.24) is 24.3 Å². The number of aromatic nitrogens is 3. The lowest BCUT2D eigenvalue weighted by Gasteiger charge is -2.21. The van der Waals surface area contributed by atoms with Crippen molar-refractivity contribution < 1.29 is 42.2 Å². The molecule has 260 valence electrons. The van der Waals surface area contributed by atoms with Crippen LogP contribution in [-0.4, -0.2) is 82.0 Å². The first-order valence-electron chi connectivity index (χ1n) is 14.9. The van der Waals surface area contributed by atoms with E-state index in [2.05, 4.69) is 20.4 Å². The molecule has 0 bridgehead atoms. The smallest absolute Gasteiger partial charge is 0.420 e. The summed E-state index contributed by atoms with van der Waals surface area (Å²) in [4.78, 5) is 69.6. The van der Waals surface area contributed by atoms with E-state index in [1.165, 1.54) is 29.3 Å². The molecule has 0 radical (unpaired) electrons. The van der Waals surface area contributed by atoms with Crippen molar-refractivity contribution in [2.75, 3.05) is 26.5 Å². The number of likely N-dealkylation sites (N-methyl/N-ethyl adjacent to an activating group) is 1. The normalized spacial score (nSPS) is 12.2. The zero-order valence-electron chi connectivity index (χ0n) is 28.1. The number of alkyl carbamates (subject to hydrolysis) is 1. The molecule has 16 heteroatoms. The highest BCUT2D eigenvalue weighted by Crippen LogP contribution is 2.33. The summed E-state index contributed by atoms with van der Waals surface area (Å²) in [5.74, 6) is -3.74. The van der Waals surface area contributed by atoms with Crippen molar-refractivity contribution in [3.8, 4) is 5.75 Å². The van der Waals surface area contributed by atoms with Crippen LogP contribution in [0.15, 0.2) is 41.3 Å². The number of halogens is 2. The Morgan fingerprint density at radius 1 is 1.12 bits per heavy atom. The molecule has 2 heterocycles. The van der Waals surface area contributed by atoms with Gasteiger partial charge in [-0.05, 0) is 65.7 Å². The van der Waals surface area contributed by atoms with Gasteiger partial charge >= 0.3 is 12.2 Å². The van der Waals surface area contributed by atoms with Crippen molar-refractivity contribution >= 4 is 40.7 Å². The minimum absolute atomic E-state index is 0.0575. The van der Waals surface area contributed by atoms with Crippen molar-refractivity contribution in [1.29, 1.82) is 0 Å². The Bertz CT molecular complexity index is 1770. The van der Waals surface area contributed by atoms with Crippen LogP contribution < -0.4 is 20.9 Å². The zero-order chi connectivity index (χ0) is 35.9. The van der Waals surface area contributed by atoms with Crippen molar-refractivity contribution in [3.63, 3.8) is 0 Å². The molecule has 3 amide bonds. The molecule has 3 aromatic rings. The number of carbonyl (C=O) groups is 4. The maximum absolute atomic E-state index is 15.3. The molecule has 0 aliphatic heterocycles. The van der Waals surface area contributed by atoms with Crippen LogP contribution in [0.25, 0.3) is 11.0 Å². The number of nitrogens with one attached hydrogen (secondary N) is 2. The molecule has 0 fully saturated rings. The first-order valence-corrected chi connectivity index (χ1v) is 14.9. The predicted molar refractivity (Wildman–Crippen MR) is 172 cm³/mol. The van der Waals surface area contributed by atoms with E-state index >= 15 is 4.39 Å². The van der Waals surface area contributed by atoms with Crippen LogP contribution >= 0.6 is 0 Å². The van der Waals surface area contributed by atoms with Crippen LogP contribution in [0.2, 0.25) is 0 Å². The molecule has 2 aromatic heterocycles. The summed E-state index contributed by atoms with van der Waals surface area (Å²) in [5, 5.41) is 4.89. The van der Waals surface area contributed by atoms with Crippen molar-refractivity contribution in [2.24, 2.45) is 0 Å². The molecule has 0 spiro atoms. The number of imidazole rings is 1. The molecular weight excluding hydrogens is 634 g/mol. The highest BCUT2D eigenvalue weighted by Gasteiger charge is 2.29. The van der Waals surface area contributed by atoms with E-state index in [0.29, 0.717) is 6.07 Å². The number of pyridine rings is 1. The van der Waals surface area contributed by atoms with Gasteiger partial charge in [0.15, 0.2) is 17.4 Å². The Morgan fingerprint density at radius 3 is 2.42 bits per heavy atom. The Hall–Kier alpha value is -5.28. The van der Waals surface area contributed by atoms with Crippen LogP contribution in [0.3, 0.4) is 0 Å². The fourth-order valence-electron chi connectivity index (χ4n) is 4.36. The second kappa shape index (κ2) is 15.5. The molecule has 2 N–H and O–H groups in total. The van der Waals surface area contributed by atoms with Gasteiger partial charge in [0.05, 0.1) is 19.8 Å². The molecule has 0 aliphatic carbocycles. The number of ether oxygens (including phenoxy) is 3. The topological polar surface area (TPSA) is 163 Å². The standard InChI is InChI=1S/C32H40F2N6O8/c1-18(2)47-27-20(34)16-19(33)26-25(27)37-23(40(26)31(45)48-32(3,4)5)17-39-15-11-13-22(29(39)43)35-28(42)21(36-30(44)46-8)12-9-10-14-24(41)38(6)7/h10-11,13-16,18,21H,9,12,17H2,1-8H3,(H,35,42)(H,36,44)/b14-10+/t21-/m0/s1. The summed E-state index contributed by atoms with van der Waals surface area (Å²) in [5.41, 5.74) is -2.65. The lowest BCUT2D eigenvalue weighted by Crippen LogP contribution is -2.44. The number of amides is 3. The molecule has 0 saturated heterocycles. The van der Waals surface area contributed by atoms with E-state index in [-0.39, 0.29) is 41.5 Å². The fourth-order valence-corrected chi connectivity index (χ4v) is 4.36. The van der Waals surface area contributed by atoms with Crippen LogP contribution in [0.1, 0.15) is 53.3 Å². The van der Waals surface area contributed by atoms with Gasteiger partial charge in [0.1, 0.15) is 34.2 Å². The minimum Gasteiger partial charge on any atom is -0.486 e. The van der Waals surface area contributed by atoms with Gasteiger partial charge in [-0.15, -0.1) is 0 Å². The van der Waals surface area contributed by atoms with Gasteiger partial charge in [-0.3, -0.25) is 14.4 Å². The monoisotopic (exact) mass is 674 g/mol. The molecular formula is C32H40F2N6O8. The van der Waals surface area contributed by atoms with Gasteiger partial charge in [-0.25, -0.2) is 27.9 Å². The molecule has 1 aromatic carbocycles. The second-order valence-corrected chi connectivity index (χ2v) is 12.1. The summed E-state index contributed by atoms with van der Waals surface area (Å²) in [6, 6.07) is 2.17. The van der Waals surface area contributed by atoms with Crippen LogP contribution in [0.5, 0.6) is 5.75 Å². The Morgan fingerprint density at radius 2 is 1.81 bits per heavy atom. The van der Waals surface area contributed by atoms with Crippen molar-refractivity contribution in [2.45, 2.75) is 71.8 Å². The lowest BCUT2D eigenvalue weighted by molar-refractivity contribution is -0.123. The number of allylic oxidation sites excluding steroid dienone is 1. The maximum atomic E-state index is 15.3. The SMILES string of the molecule is COC(=O)N[C@@H](CC/C=C/C(=O)N(C)C)C(=O)Nc1cccn(Cc2nc3c(OC(C)C)c(F)cc(F)c3n2C(=O)OC(C)(C)C)c1=O. The summed E-state index contributed by atoms with van der Waals surface area (Å²) >= 11 is 0. The Labute approximate surface area is 275 Å². The number of carbonyl (C=O) groups excluding carboxylic acids is 4. The highest BCUT2D eigenvalue weighted by molar-refractivity contribution is 5.96. The maximum Gasteiger partial charge on any atom is 0.420 e. The van der Waals surface area contributed by atoms with Gasteiger partial charge in [0, 0.05) is 26.4 Å². The van der Waals surface area contributed by atoms with E-state index in [1.54, 1.807) is 54.8 Å². The van der Waals surface area contributed by atoms with Crippen LogP contribution in [0, 0.1) is 11.6 Å². The summed E-state index contributed by atoms with van der Waals surface area (Å²) in [7, 11) is 4.29. The number of benzene rings is 1. The number of hydrogen-bond donors (Lipinski definition) is 2. The highest BCUT2D eigenvalue weighted by atomic mass is 19.1. The zero-order valence-corrected chi connectivity index (χ0v) is 28.1. The summed E-state index contributed by atoms with van der Waals surface area (Å²) < 4.78 is 47.7. The van der Waals surface area contributed by atoms with Crippen molar-refractivity contribution in [3.05, 3.63) is 64.4 Å².